The molecule has 2 aromatic heterocycles. The molecule has 3 heterocycles. The molecule has 7 nitrogen and oxygen atoms in total. The Morgan fingerprint density at radius 2 is 2.23 bits per heavy atom. The number of hydrazine groups is 1. The number of nitrogens with zero attached hydrogens (tertiary/aromatic N) is 2. The lowest BCUT2D eigenvalue weighted by Crippen LogP contribution is -2.28. The summed E-state index contributed by atoms with van der Waals surface area (Å²) in [5.41, 5.74) is 0.429. The van der Waals surface area contributed by atoms with E-state index < -0.39 is 0 Å². The zero-order valence-corrected chi connectivity index (χ0v) is 12.5. The van der Waals surface area contributed by atoms with E-state index in [1.165, 1.54) is 6.26 Å². The first-order valence-corrected chi connectivity index (χ1v) is 7.68. The predicted octanol–water partition coefficient (Wildman–Crippen LogP) is 1.85. The van der Waals surface area contributed by atoms with Gasteiger partial charge in [0.2, 0.25) is 11.5 Å². The molecule has 0 unspecified atom stereocenters. The molecule has 2 aromatic rings. The Morgan fingerprint density at radius 1 is 1.45 bits per heavy atom. The van der Waals surface area contributed by atoms with E-state index in [1.807, 2.05) is 0 Å². The molecule has 0 aliphatic carbocycles. The number of rotatable bonds is 5. The molecule has 1 saturated heterocycles. The number of Topliss-reactive ketones (excluding diaryl/α,β-unsaturated/α-hetero) is 1. The van der Waals surface area contributed by atoms with Crippen molar-refractivity contribution in [1.82, 2.24) is 4.98 Å². The number of nitrogens with two attached hydrogens (primary N) is 1. The number of carbonyl (C=O) groups excluding carboxylic acids is 2. The first-order valence-electron chi connectivity index (χ1n) is 6.86. The topological polar surface area (TPSA) is 98.7 Å². The third kappa shape index (κ3) is 2.80. The van der Waals surface area contributed by atoms with Crippen LogP contribution >= 0.6 is 11.3 Å². The summed E-state index contributed by atoms with van der Waals surface area (Å²) in [6.45, 7) is 1.16. The lowest BCUT2D eigenvalue weighted by molar-refractivity contribution is -0.107. The summed E-state index contributed by atoms with van der Waals surface area (Å²) in [5, 5.41) is 1.12. The highest BCUT2D eigenvalue weighted by atomic mass is 32.1. The Labute approximate surface area is 130 Å². The highest BCUT2D eigenvalue weighted by Gasteiger charge is 2.29. The molecule has 8 heteroatoms. The van der Waals surface area contributed by atoms with Crippen molar-refractivity contribution in [2.75, 3.05) is 18.2 Å². The Balaban J connectivity index is 1.99. The molecule has 1 aliphatic heterocycles. The number of thiazole rings is 1. The van der Waals surface area contributed by atoms with Crippen molar-refractivity contribution in [2.45, 2.75) is 12.8 Å². The first-order chi connectivity index (χ1) is 10.7. The summed E-state index contributed by atoms with van der Waals surface area (Å²) in [7, 11) is 0. The van der Waals surface area contributed by atoms with Crippen LogP contribution in [0.1, 0.15) is 22.5 Å². The summed E-state index contributed by atoms with van der Waals surface area (Å²) in [6, 6.07) is 3.44. The molecule has 0 spiro atoms. The van der Waals surface area contributed by atoms with Crippen molar-refractivity contribution in [3.8, 4) is 11.5 Å². The maximum absolute atomic E-state index is 12.8. The van der Waals surface area contributed by atoms with Crippen molar-refractivity contribution in [2.24, 2.45) is 11.8 Å². The van der Waals surface area contributed by atoms with Gasteiger partial charge in [-0.15, -0.1) is 0 Å². The summed E-state index contributed by atoms with van der Waals surface area (Å²) in [6.07, 6.45) is 3.33. The largest absolute Gasteiger partial charge is 0.463 e. The highest BCUT2D eigenvalue weighted by molar-refractivity contribution is 7.18. The molecule has 0 aromatic carbocycles. The fraction of sp³-hybridized carbons (Fsp3) is 0.357. The molecule has 0 radical (unpaired) electrons. The Hall–Kier alpha value is -2.03. The standard InChI is InChI=1S/C14H15N3O4S/c15-17(8-18)14-16-11(10-2-1-5-21-10)13(22-14)12(19)9-3-6-20-7-4-9/h1-2,5,8-9H,3-4,6-7,15H2. The predicted molar refractivity (Wildman–Crippen MR) is 80.4 cm³/mol. The second-order valence-corrected chi connectivity index (χ2v) is 5.89. The van der Waals surface area contributed by atoms with Crippen LogP contribution in [0.2, 0.25) is 0 Å². The van der Waals surface area contributed by atoms with Crippen LogP contribution in [0.4, 0.5) is 5.13 Å². The van der Waals surface area contributed by atoms with Crippen LogP contribution in [0, 0.1) is 5.92 Å². The van der Waals surface area contributed by atoms with Gasteiger partial charge in [-0.25, -0.2) is 15.8 Å². The monoisotopic (exact) mass is 321 g/mol. The van der Waals surface area contributed by atoms with Crippen LogP contribution in [0.5, 0.6) is 0 Å². The average Bonchev–Trinajstić information content (AvgIpc) is 3.23. The van der Waals surface area contributed by atoms with Gasteiger partial charge in [-0.05, 0) is 25.0 Å². The lowest BCUT2D eigenvalue weighted by Gasteiger charge is -2.20. The molecule has 0 saturated carbocycles. The van der Waals surface area contributed by atoms with Crippen LogP contribution in [0.25, 0.3) is 11.5 Å². The zero-order chi connectivity index (χ0) is 15.5. The fourth-order valence-electron chi connectivity index (χ4n) is 2.36. The second kappa shape index (κ2) is 6.39. The zero-order valence-electron chi connectivity index (χ0n) is 11.7. The SMILES string of the molecule is NN(C=O)c1nc(-c2ccco2)c(C(=O)C2CCOCC2)s1. The van der Waals surface area contributed by atoms with Gasteiger partial charge in [0.05, 0.1) is 6.26 Å². The van der Waals surface area contributed by atoms with Gasteiger partial charge in [0, 0.05) is 19.1 Å². The van der Waals surface area contributed by atoms with E-state index in [0.717, 1.165) is 16.3 Å². The van der Waals surface area contributed by atoms with Gasteiger partial charge in [0.1, 0.15) is 10.6 Å². The molecule has 1 aliphatic rings. The molecular weight excluding hydrogens is 306 g/mol. The number of ether oxygens (including phenoxy) is 1. The van der Waals surface area contributed by atoms with Crippen LogP contribution in [0.15, 0.2) is 22.8 Å². The Kier molecular flexibility index (Phi) is 4.32. The average molecular weight is 321 g/mol. The third-order valence-electron chi connectivity index (χ3n) is 3.52. The van der Waals surface area contributed by atoms with Gasteiger partial charge in [-0.1, -0.05) is 11.3 Å². The minimum Gasteiger partial charge on any atom is -0.463 e. The number of hydrogen-bond acceptors (Lipinski definition) is 7. The van der Waals surface area contributed by atoms with E-state index in [4.69, 9.17) is 15.0 Å². The van der Waals surface area contributed by atoms with Crippen molar-refractivity contribution in [1.29, 1.82) is 0 Å². The van der Waals surface area contributed by atoms with E-state index in [0.29, 0.717) is 48.8 Å². The van der Waals surface area contributed by atoms with Gasteiger partial charge >= 0.3 is 0 Å². The summed E-state index contributed by atoms with van der Waals surface area (Å²) in [5.74, 6) is 5.94. The lowest BCUT2D eigenvalue weighted by atomic mass is 9.94. The van der Waals surface area contributed by atoms with Gasteiger partial charge in [-0.3, -0.25) is 9.59 Å². The number of hydrogen-bond donors (Lipinski definition) is 1. The maximum Gasteiger partial charge on any atom is 0.230 e. The van der Waals surface area contributed by atoms with Gasteiger partial charge in [0.25, 0.3) is 0 Å². The van der Waals surface area contributed by atoms with E-state index in [9.17, 15) is 9.59 Å². The number of carbonyl (C=O) groups is 2. The van der Waals surface area contributed by atoms with Crippen LogP contribution in [0.3, 0.4) is 0 Å². The molecule has 0 atom stereocenters. The smallest absolute Gasteiger partial charge is 0.230 e. The number of aromatic nitrogens is 1. The van der Waals surface area contributed by atoms with Crippen molar-refractivity contribution in [3.05, 3.63) is 23.3 Å². The van der Waals surface area contributed by atoms with Crippen LogP contribution in [-0.4, -0.2) is 30.4 Å². The van der Waals surface area contributed by atoms with Gasteiger partial charge < -0.3 is 9.15 Å². The van der Waals surface area contributed by atoms with E-state index in [2.05, 4.69) is 4.98 Å². The highest BCUT2D eigenvalue weighted by Crippen LogP contribution is 2.35. The number of ketones is 1. The third-order valence-corrected chi connectivity index (χ3v) is 4.60. The molecule has 116 valence electrons. The Morgan fingerprint density at radius 3 is 2.86 bits per heavy atom. The van der Waals surface area contributed by atoms with E-state index in [-0.39, 0.29) is 16.8 Å². The van der Waals surface area contributed by atoms with Gasteiger partial charge in [0.15, 0.2) is 11.5 Å². The molecule has 1 amide bonds. The van der Waals surface area contributed by atoms with E-state index >= 15 is 0 Å². The summed E-state index contributed by atoms with van der Waals surface area (Å²) >= 11 is 1.10. The quantitative estimate of drug-likeness (QED) is 0.297. The van der Waals surface area contributed by atoms with Crippen molar-refractivity contribution in [3.63, 3.8) is 0 Å². The molecule has 2 N–H and O–H groups in total. The second-order valence-electron chi connectivity index (χ2n) is 4.92. The Bertz CT molecular complexity index is 662. The van der Waals surface area contributed by atoms with E-state index in [1.54, 1.807) is 12.1 Å². The molecular formula is C14H15N3O4S. The van der Waals surface area contributed by atoms with Crippen LogP contribution in [-0.2, 0) is 9.53 Å². The minimum atomic E-state index is -0.0989. The van der Waals surface area contributed by atoms with Crippen LogP contribution < -0.4 is 10.9 Å². The maximum atomic E-state index is 12.8. The number of anilines is 1. The number of amides is 1. The summed E-state index contributed by atoms with van der Waals surface area (Å²) < 4.78 is 10.6. The molecule has 1 fully saturated rings. The van der Waals surface area contributed by atoms with Crippen molar-refractivity contribution >= 4 is 28.7 Å². The first kappa shape index (κ1) is 14.9. The fourth-order valence-corrected chi connectivity index (χ4v) is 3.33. The normalized spacial score (nSPS) is 15.7. The van der Waals surface area contributed by atoms with Gasteiger partial charge in [-0.2, -0.15) is 0 Å². The molecule has 0 bridgehead atoms. The summed E-state index contributed by atoms with van der Waals surface area (Å²) in [4.78, 5) is 28.3. The minimum absolute atomic E-state index is 0.00208. The molecule has 22 heavy (non-hydrogen) atoms. The number of furan rings is 1. The van der Waals surface area contributed by atoms with Crippen molar-refractivity contribution < 1.29 is 18.7 Å². The molecule has 3 rings (SSSR count).